The number of carbonyl (C=O) groups excluding carboxylic acids is 3. The number of anilines is 2. The zero-order valence-corrected chi connectivity index (χ0v) is 26.7. The zero-order valence-electron chi connectivity index (χ0n) is 24.3. The number of fused-ring (bicyclic) bond motifs is 1. The van der Waals surface area contributed by atoms with Crippen LogP contribution in [0.25, 0.3) is 17.0 Å². The molecule has 2 heterocycles. The predicted molar refractivity (Wildman–Crippen MR) is 181 cm³/mol. The lowest BCUT2D eigenvalue weighted by atomic mass is 10.1. The van der Waals surface area contributed by atoms with Crippen LogP contribution in [0.3, 0.4) is 0 Å². The van der Waals surface area contributed by atoms with Crippen molar-refractivity contribution in [2.45, 2.75) is 13.5 Å². The topological polar surface area (TPSA) is 101 Å². The Labute approximate surface area is 274 Å². The van der Waals surface area contributed by atoms with Gasteiger partial charge in [0, 0.05) is 45.9 Å². The average Bonchev–Trinajstić information content (AvgIpc) is 3.59. The van der Waals surface area contributed by atoms with Crippen LogP contribution < -0.4 is 20.3 Å². The van der Waals surface area contributed by atoms with Gasteiger partial charge < -0.3 is 20.3 Å². The molecule has 0 unspecified atom stereocenters. The lowest BCUT2D eigenvalue weighted by Crippen LogP contribution is -2.37. The Morgan fingerprint density at radius 1 is 1.00 bits per heavy atom. The van der Waals surface area contributed by atoms with Gasteiger partial charge in [-0.2, -0.15) is 11.3 Å². The summed E-state index contributed by atoms with van der Waals surface area (Å²) in [6.45, 7) is 1.72. The summed E-state index contributed by atoms with van der Waals surface area (Å²) in [6.07, 6.45) is 2.95. The predicted octanol–water partition coefficient (Wildman–Crippen LogP) is 7.54. The highest BCUT2D eigenvalue weighted by Gasteiger charge is 2.19. The minimum Gasteiger partial charge on any atom is -0.487 e. The first-order chi connectivity index (χ1) is 21.7. The first-order valence-corrected chi connectivity index (χ1v) is 15.5. The Morgan fingerprint density at radius 2 is 1.80 bits per heavy atom. The number of hydrogen-bond donors (Lipinski definition) is 2. The van der Waals surface area contributed by atoms with E-state index in [-0.39, 0.29) is 30.0 Å². The number of carbonyl (C=O) groups is 3. The molecule has 0 spiro atoms. The van der Waals surface area contributed by atoms with Gasteiger partial charge in [0.2, 0.25) is 11.8 Å². The Kier molecular flexibility index (Phi) is 10.1. The van der Waals surface area contributed by atoms with Crippen LogP contribution in [0.2, 0.25) is 10.0 Å². The Hall–Kier alpha value is -4.70. The van der Waals surface area contributed by atoms with Crippen LogP contribution in [-0.2, 0) is 16.2 Å². The molecule has 3 amide bonds. The summed E-state index contributed by atoms with van der Waals surface area (Å²) in [7, 11) is 1.57. The van der Waals surface area contributed by atoms with Gasteiger partial charge in [-0.1, -0.05) is 53.5 Å². The molecule has 0 radical (unpaired) electrons. The van der Waals surface area contributed by atoms with Gasteiger partial charge in [0.15, 0.2) is 0 Å². The molecular weight excluding hydrogens is 631 g/mol. The number of amides is 3. The fourth-order valence-electron chi connectivity index (χ4n) is 4.38. The van der Waals surface area contributed by atoms with E-state index in [4.69, 9.17) is 27.9 Å². The first-order valence-electron chi connectivity index (χ1n) is 13.8. The van der Waals surface area contributed by atoms with Crippen molar-refractivity contribution >= 4 is 80.6 Å². The molecule has 0 saturated heterocycles. The molecule has 0 saturated carbocycles. The highest BCUT2D eigenvalue weighted by Crippen LogP contribution is 2.35. The van der Waals surface area contributed by atoms with Gasteiger partial charge in [-0.3, -0.25) is 14.4 Å². The van der Waals surface area contributed by atoms with Crippen molar-refractivity contribution in [3.8, 4) is 5.75 Å². The molecule has 2 aromatic heterocycles. The van der Waals surface area contributed by atoms with Crippen LogP contribution in [0.4, 0.5) is 11.4 Å². The van der Waals surface area contributed by atoms with E-state index in [9.17, 15) is 14.4 Å². The third-order valence-electron chi connectivity index (χ3n) is 6.89. The summed E-state index contributed by atoms with van der Waals surface area (Å²) in [4.78, 5) is 43.5. The minimum absolute atomic E-state index is 0.0613. The number of pyridine rings is 1. The fourth-order valence-corrected chi connectivity index (χ4v) is 5.62. The van der Waals surface area contributed by atoms with E-state index in [0.29, 0.717) is 33.3 Å². The van der Waals surface area contributed by atoms with Crippen LogP contribution in [-0.4, -0.2) is 36.3 Å². The summed E-state index contributed by atoms with van der Waals surface area (Å²) in [5, 5.41) is 10.6. The average molecular weight is 660 g/mol. The summed E-state index contributed by atoms with van der Waals surface area (Å²) in [6, 6.07) is 21.7. The molecule has 2 N–H and O–H groups in total. The normalized spacial score (nSPS) is 11.0. The number of benzene rings is 3. The lowest BCUT2D eigenvalue weighted by molar-refractivity contribution is -0.122. The van der Waals surface area contributed by atoms with E-state index in [2.05, 4.69) is 15.6 Å². The van der Waals surface area contributed by atoms with Gasteiger partial charge >= 0.3 is 0 Å². The second-order valence-electron chi connectivity index (χ2n) is 10.0. The summed E-state index contributed by atoms with van der Waals surface area (Å²) in [5.41, 5.74) is 4.52. The van der Waals surface area contributed by atoms with Crippen molar-refractivity contribution < 1.29 is 19.1 Å². The minimum atomic E-state index is -0.443. The Morgan fingerprint density at radius 3 is 2.56 bits per heavy atom. The number of nitrogens with one attached hydrogen (secondary N) is 2. The number of aryl methyl sites for hydroxylation is 1. The van der Waals surface area contributed by atoms with Crippen molar-refractivity contribution in [1.29, 1.82) is 0 Å². The monoisotopic (exact) mass is 658 g/mol. The highest BCUT2D eigenvalue weighted by molar-refractivity contribution is 7.08. The molecule has 45 heavy (non-hydrogen) atoms. The molecule has 0 atom stereocenters. The number of nitrogens with zero attached hydrogens (tertiary/aromatic N) is 2. The van der Waals surface area contributed by atoms with Crippen molar-refractivity contribution in [2.24, 2.45) is 0 Å². The number of ether oxygens (including phenoxy) is 1. The fraction of sp³-hybridized carbons (Fsp3) is 0.118. The van der Waals surface area contributed by atoms with E-state index in [1.807, 2.05) is 42.6 Å². The number of rotatable bonds is 10. The van der Waals surface area contributed by atoms with Crippen LogP contribution in [0.15, 0.2) is 89.6 Å². The second kappa shape index (κ2) is 14.4. The number of aromatic nitrogens is 1. The maximum Gasteiger partial charge on any atom is 0.256 e. The van der Waals surface area contributed by atoms with Gasteiger partial charge in [-0.15, -0.1) is 0 Å². The third kappa shape index (κ3) is 7.88. The van der Waals surface area contributed by atoms with Crippen LogP contribution in [0, 0.1) is 6.92 Å². The molecule has 3 aromatic carbocycles. The van der Waals surface area contributed by atoms with Crippen LogP contribution >= 0.6 is 34.5 Å². The summed E-state index contributed by atoms with van der Waals surface area (Å²) in [5.74, 6) is -0.425. The van der Waals surface area contributed by atoms with Crippen molar-refractivity contribution in [1.82, 2.24) is 10.3 Å². The SMILES string of the molecule is Cc1ccc2cccc(OCc3c(Cl)ccc(N(C)C(=O)CNC(=O)C=Cc4ccc(NC(=O)c5ccsc5)cc4)c3Cl)c2n1. The number of hydrogen-bond acceptors (Lipinski definition) is 6. The van der Waals surface area contributed by atoms with Crippen LogP contribution in [0.1, 0.15) is 27.2 Å². The van der Waals surface area contributed by atoms with Crippen molar-refractivity contribution in [2.75, 3.05) is 23.8 Å². The van der Waals surface area contributed by atoms with E-state index in [1.54, 1.807) is 61.0 Å². The molecule has 11 heteroatoms. The summed E-state index contributed by atoms with van der Waals surface area (Å²) < 4.78 is 6.08. The summed E-state index contributed by atoms with van der Waals surface area (Å²) >= 11 is 14.6. The van der Waals surface area contributed by atoms with E-state index in [0.717, 1.165) is 22.2 Å². The molecule has 0 aliphatic carbocycles. The Bertz CT molecular complexity index is 1890. The molecule has 228 valence electrons. The first kappa shape index (κ1) is 31.7. The van der Waals surface area contributed by atoms with E-state index < -0.39 is 5.91 Å². The molecule has 0 aliphatic heterocycles. The van der Waals surface area contributed by atoms with Crippen molar-refractivity contribution in [3.63, 3.8) is 0 Å². The molecular formula is C34H28Cl2N4O4S. The second-order valence-corrected chi connectivity index (χ2v) is 11.6. The number of para-hydroxylation sites is 1. The molecule has 8 nitrogen and oxygen atoms in total. The number of thiophene rings is 1. The largest absolute Gasteiger partial charge is 0.487 e. The van der Waals surface area contributed by atoms with Gasteiger partial charge in [-0.25, -0.2) is 4.98 Å². The third-order valence-corrected chi connectivity index (χ3v) is 8.35. The molecule has 5 rings (SSSR count). The smallest absolute Gasteiger partial charge is 0.256 e. The standard InChI is InChI=1S/C34H28Cl2N4O4S/c1-21-6-10-23-4-3-5-29(33(23)38-21)44-19-26-27(35)13-14-28(32(26)36)40(2)31(42)18-37-30(41)15-9-22-7-11-25(12-8-22)39-34(43)24-16-17-45-20-24/h3-17,20H,18-19H2,1-2H3,(H,37,41)(H,39,43). The number of likely N-dealkylation sites (N-methyl/N-ethyl adjacent to an activating group) is 1. The molecule has 0 bridgehead atoms. The van der Waals surface area contributed by atoms with E-state index in [1.165, 1.54) is 22.3 Å². The van der Waals surface area contributed by atoms with Gasteiger partial charge in [0.05, 0.1) is 22.8 Å². The Balaban J connectivity index is 1.16. The van der Waals surface area contributed by atoms with Gasteiger partial charge in [-0.05, 0) is 66.4 Å². The highest BCUT2D eigenvalue weighted by atomic mass is 35.5. The zero-order chi connectivity index (χ0) is 31.9. The van der Waals surface area contributed by atoms with Crippen molar-refractivity contribution in [3.05, 3.63) is 122 Å². The van der Waals surface area contributed by atoms with Gasteiger partial charge in [0.25, 0.3) is 5.91 Å². The van der Waals surface area contributed by atoms with E-state index >= 15 is 0 Å². The molecule has 5 aromatic rings. The maximum atomic E-state index is 13.0. The van der Waals surface area contributed by atoms with Gasteiger partial charge in [0.1, 0.15) is 17.9 Å². The molecule has 0 fully saturated rings. The number of halogens is 2. The lowest BCUT2D eigenvalue weighted by Gasteiger charge is -2.21. The molecule has 0 aliphatic rings. The quantitative estimate of drug-likeness (QED) is 0.151. The van der Waals surface area contributed by atoms with Crippen LogP contribution in [0.5, 0.6) is 5.75 Å². The maximum absolute atomic E-state index is 13.0.